The van der Waals surface area contributed by atoms with Gasteiger partial charge in [0.2, 0.25) is 0 Å². The summed E-state index contributed by atoms with van der Waals surface area (Å²) in [5.74, 6) is 0. The number of hydrogen-bond donors (Lipinski definition) is 1. The van der Waals surface area contributed by atoms with Gasteiger partial charge in [-0.3, -0.25) is 0 Å². The molecule has 1 aliphatic heterocycles. The van der Waals surface area contributed by atoms with E-state index in [4.69, 9.17) is 0 Å². The first kappa shape index (κ1) is 13.7. The van der Waals surface area contributed by atoms with E-state index in [0.29, 0.717) is 0 Å². The van der Waals surface area contributed by atoms with E-state index < -0.39 is 0 Å². The molecule has 1 fully saturated rings. The Kier molecular flexibility index (Phi) is 8.45. The molecule has 0 aromatic rings. The Balaban J connectivity index is 1.78. The van der Waals surface area contributed by atoms with Crippen molar-refractivity contribution in [2.75, 3.05) is 32.7 Å². The summed E-state index contributed by atoms with van der Waals surface area (Å²) in [5, 5.41) is 3.54. The molecule has 0 aromatic heterocycles. The fourth-order valence-corrected chi connectivity index (χ4v) is 2.26. The van der Waals surface area contributed by atoms with Crippen LogP contribution in [-0.4, -0.2) is 37.6 Å². The van der Waals surface area contributed by atoms with E-state index in [2.05, 4.69) is 16.8 Å². The number of nitrogens with one attached hydrogen (secondary N) is 1. The average molecular weight is 224 g/mol. The maximum absolute atomic E-state index is 3.74. The van der Waals surface area contributed by atoms with Crippen LogP contribution in [0.2, 0.25) is 0 Å². The summed E-state index contributed by atoms with van der Waals surface area (Å²) < 4.78 is 0. The highest BCUT2D eigenvalue weighted by Crippen LogP contribution is 2.07. The predicted octanol–water partition coefficient (Wildman–Crippen LogP) is 2.81. The largest absolute Gasteiger partial charge is 0.315 e. The fourth-order valence-electron chi connectivity index (χ4n) is 2.26. The highest BCUT2D eigenvalue weighted by Gasteiger charge is 2.08. The van der Waals surface area contributed by atoms with Gasteiger partial charge in [-0.15, -0.1) is 6.58 Å². The molecule has 1 N–H and O–H groups in total. The zero-order valence-electron chi connectivity index (χ0n) is 10.7. The molecule has 0 amide bonds. The molecule has 16 heavy (non-hydrogen) atoms. The normalized spacial score (nSPS) is 17.5. The van der Waals surface area contributed by atoms with Crippen LogP contribution < -0.4 is 5.32 Å². The van der Waals surface area contributed by atoms with E-state index in [1.165, 1.54) is 77.7 Å². The molecule has 2 nitrogen and oxygen atoms in total. The van der Waals surface area contributed by atoms with E-state index in [0.717, 1.165) is 0 Å². The van der Waals surface area contributed by atoms with Crippen LogP contribution >= 0.6 is 0 Å². The minimum atomic E-state index is 1.17. The predicted molar refractivity (Wildman–Crippen MR) is 71.8 cm³/mol. The van der Waals surface area contributed by atoms with Crippen LogP contribution in [0.1, 0.15) is 44.9 Å². The van der Waals surface area contributed by atoms with Crippen LogP contribution in [0.15, 0.2) is 12.7 Å². The van der Waals surface area contributed by atoms with Crippen molar-refractivity contribution in [2.45, 2.75) is 44.9 Å². The topological polar surface area (TPSA) is 15.3 Å². The fraction of sp³-hybridized carbons (Fsp3) is 0.857. The summed E-state index contributed by atoms with van der Waals surface area (Å²) in [6, 6.07) is 0. The Morgan fingerprint density at radius 1 is 1.00 bits per heavy atom. The number of rotatable bonds is 9. The maximum atomic E-state index is 3.74. The monoisotopic (exact) mass is 224 g/mol. The highest BCUT2D eigenvalue weighted by atomic mass is 15.1. The molecular formula is C14H28N2. The van der Waals surface area contributed by atoms with Crippen molar-refractivity contribution in [2.24, 2.45) is 0 Å². The molecule has 0 atom stereocenters. The first-order valence-electron chi connectivity index (χ1n) is 6.97. The van der Waals surface area contributed by atoms with Gasteiger partial charge in [-0.1, -0.05) is 18.9 Å². The molecule has 0 unspecified atom stereocenters. The molecule has 94 valence electrons. The lowest BCUT2D eigenvalue weighted by Crippen LogP contribution is -2.36. The molecule has 0 aliphatic carbocycles. The highest BCUT2D eigenvalue weighted by molar-refractivity contribution is 4.66. The number of unbranched alkanes of at least 4 members (excludes halogenated alkanes) is 3. The second-order valence-corrected chi connectivity index (χ2v) is 4.79. The summed E-state index contributed by atoms with van der Waals surface area (Å²) in [7, 11) is 0. The summed E-state index contributed by atoms with van der Waals surface area (Å²) in [5.41, 5.74) is 0. The number of likely N-dealkylation sites (tertiary alicyclic amines) is 1. The summed E-state index contributed by atoms with van der Waals surface area (Å²) in [6.45, 7) is 9.98. The van der Waals surface area contributed by atoms with Crippen LogP contribution in [0.3, 0.4) is 0 Å². The van der Waals surface area contributed by atoms with Crippen molar-refractivity contribution in [1.29, 1.82) is 0 Å². The van der Waals surface area contributed by atoms with Crippen molar-refractivity contribution >= 4 is 0 Å². The Bertz CT molecular complexity index is 162. The Morgan fingerprint density at radius 2 is 1.81 bits per heavy atom. The van der Waals surface area contributed by atoms with Gasteiger partial charge in [-0.25, -0.2) is 0 Å². The zero-order valence-corrected chi connectivity index (χ0v) is 10.7. The van der Waals surface area contributed by atoms with Gasteiger partial charge in [0.15, 0.2) is 0 Å². The molecule has 0 spiro atoms. The maximum Gasteiger partial charge on any atom is 0.0107 e. The van der Waals surface area contributed by atoms with Crippen molar-refractivity contribution in [3.63, 3.8) is 0 Å². The summed E-state index contributed by atoms with van der Waals surface area (Å²) in [6.07, 6.45) is 11.4. The molecule has 0 bridgehead atoms. The number of allylic oxidation sites excluding steroid dienone is 1. The van der Waals surface area contributed by atoms with Gasteiger partial charge in [-0.2, -0.15) is 0 Å². The first-order chi connectivity index (χ1) is 7.93. The van der Waals surface area contributed by atoms with E-state index >= 15 is 0 Å². The Hall–Kier alpha value is -0.340. The minimum absolute atomic E-state index is 1.17. The second-order valence-electron chi connectivity index (χ2n) is 4.79. The van der Waals surface area contributed by atoms with E-state index in [1.54, 1.807) is 0 Å². The Morgan fingerprint density at radius 3 is 2.56 bits per heavy atom. The first-order valence-corrected chi connectivity index (χ1v) is 6.97. The van der Waals surface area contributed by atoms with Crippen LogP contribution in [-0.2, 0) is 0 Å². The second kappa shape index (κ2) is 9.86. The van der Waals surface area contributed by atoms with Gasteiger partial charge in [-0.05, 0) is 51.7 Å². The lowest BCUT2D eigenvalue weighted by molar-refractivity contribution is 0.229. The van der Waals surface area contributed by atoms with E-state index in [1.807, 2.05) is 6.08 Å². The molecule has 1 heterocycles. The zero-order chi connectivity index (χ0) is 11.5. The number of hydrogen-bond acceptors (Lipinski definition) is 2. The molecule has 0 radical (unpaired) electrons. The van der Waals surface area contributed by atoms with Gasteiger partial charge < -0.3 is 10.2 Å². The molecule has 0 saturated carbocycles. The van der Waals surface area contributed by atoms with Gasteiger partial charge in [0, 0.05) is 13.1 Å². The van der Waals surface area contributed by atoms with Crippen molar-refractivity contribution in [3.05, 3.63) is 12.7 Å². The van der Waals surface area contributed by atoms with Gasteiger partial charge in [0.25, 0.3) is 0 Å². The SMILES string of the molecule is C=CCCCCCNCCN1CCCCC1. The van der Waals surface area contributed by atoms with Crippen molar-refractivity contribution in [3.8, 4) is 0 Å². The minimum Gasteiger partial charge on any atom is -0.315 e. The van der Waals surface area contributed by atoms with Crippen LogP contribution in [0.5, 0.6) is 0 Å². The molecule has 1 rings (SSSR count). The van der Waals surface area contributed by atoms with Gasteiger partial charge in [0.05, 0.1) is 0 Å². The Labute approximate surface area is 101 Å². The van der Waals surface area contributed by atoms with E-state index in [-0.39, 0.29) is 0 Å². The third-order valence-electron chi connectivity index (χ3n) is 3.32. The third-order valence-corrected chi connectivity index (χ3v) is 3.32. The lowest BCUT2D eigenvalue weighted by Gasteiger charge is -2.26. The standard InChI is InChI=1S/C14H28N2/c1-2-3-4-5-7-10-15-11-14-16-12-8-6-9-13-16/h2,15H,1,3-14H2. The van der Waals surface area contributed by atoms with Crippen LogP contribution in [0.4, 0.5) is 0 Å². The van der Waals surface area contributed by atoms with Gasteiger partial charge in [0.1, 0.15) is 0 Å². The molecular weight excluding hydrogens is 196 g/mol. The van der Waals surface area contributed by atoms with Gasteiger partial charge >= 0.3 is 0 Å². The van der Waals surface area contributed by atoms with Crippen molar-refractivity contribution < 1.29 is 0 Å². The summed E-state index contributed by atoms with van der Waals surface area (Å²) >= 11 is 0. The number of nitrogens with zero attached hydrogens (tertiary/aromatic N) is 1. The van der Waals surface area contributed by atoms with E-state index in [9.17, 15) is 0 Å². The van der Waals surface area contributed by atoms with Crippen LogP contribution in [0, 0.1) is 0 Å². The summed E-state index contributed by atoms with van der Waals surface area (Å²) in [4.78, 5) is 2.59. The number of piperidine rings is 1. The molecule has 0 aromatic carbocycles. The van der Waals surface area contributed by atoms with Crippen molar-refractivity contribution in [1.82, 2.24) is 10.2 Å². The van der Waals surface area contributed by atoms with Crippen LogP contribution in [0.25, 0.3) is 0 Å². The molecule has 1 saturated heterocycles. The smallest absolute Gasteiger partial charge is 0.0107 e. The average Bonchev–Trinajstić information content (AvgIpc) is 2.34. The molecule has 2 heteroatoms. The molecule has 1 aliphatic rings. The lowest BCUT2D eigenvalue weighted by atomic mass is 10.1. The third kappa shape index (κ3) is 7.02. The quantitative estimate of drug-likeness (QED) is 0.478.